The van der Waals surface area contributed by atoms with Crippen molar-refractivity contribution in [3.05, 3.63) is 81.5 Å². The number of alkyl halides is 3. The van der Waals surface area contributed by atoms with Crippen molar-refractivity contribution >= 4 is 17.5 Å². The van der Waals surface area contributed by atoms with Gasteiger partial charge in [-0.15, -0.1) is 0 Å². The second kappa shape index (κ2) is 7.12. The van der Waals surface area contributed by atoms with E-state index in [0.29, 0.717) is 0 Å². The Hall–Kier alpha value is -2.89. The second-order valence-corrected chi connectivity index (χ2v) is 4.95. The van der Waals surface area contributed by atoms with E-state index < -0.39 is 23.0 Å². The Morgan fingerprint density at radius 3 is 2.46 bits per heavy atom. The first-order valence-corrected chi connectivity index (χ1v) is 7.03. The molecule has 0 unspecified atom stereocenters. The molecular weight excluding hydrogens is 319 g/mol. The maximum absolute atomic E-state index is 12.7. The van der Waals surface area contributed by atoms with Crippen LogP contribution in [-0.2, 0) is 6.18 Å². The first kappa shape index (κ1) is 17.5. The molecule has 24 heavy (non-hydrogen) atoms. The fourth-order valence-corrected chi connectivity index (χ4v) is 2.07. The number of ketones is 1. The molecule has 0 aromatic heterocycles. The number of hydrogen-bond donors (Lipinski definition) is 1. The summed E-state index contributed by atoms with van der Waals surface area (Å²) in [6, 6.07) is 10.7. The van der Waals surface area contributed by atoms with E-state index in [1.165, 1.54) is 30.3 Å². The number of benzene rings is 1. The zero-order valence-corrected chi connectivity index (χ0v) is 12.7. The topological polar surface area (TPSA) is 46.2 Å². The summed E-state index contributed by atoms with van der Waals surface area (Å²) >= 11 is 0. The minimum Gasteiger partial charge on any atom is -0.385 e. The van der Waals surface area contributed by atoms with Crippen LogP contribution in [0, 0.1) is 0 Å². The molecule has 0 saturated heterocycles. The second-order valence-electron chi connectivity index (χ2n) is 4.95. The van der Waals surface area contributed by atoms with Crippen LogP contribution in [0.3, 0.4) is 0 Å². The zero-order valence-electron chi connectivity index (χ0n) is 12.7. The average molecular weight is 333 g/mol. The van der Waals surface area contributed by atoms with E-state index >= 15 is 0 Å². The Morgan fingerprint density at radius 2 is 1.79 bits per heavy atom. The van der Waals surface area contributed by atoms with Crippen molar-refractivity contribution < 1.29 is 18.0 Å². The van der Waals surface area contributed by atoms with Crippen molar-refractivity contribution in [3.63, 3.8) is 0 Å². The molecule has 3 nitrogen and oxygen atoms in total. The summed E-state index contributed by atoms with van der Waals surface area (Å²) in [7, 11) is 1.56. The highest BCUT2D eigenvalue weighted by Crippen LogP contribution is 2.29. The molecular formula is C18H14F3NO2. The predicted molar refractivity (Wildman–Crippen MR) is 87.1 cm³/mol. The molecule has 0 heterocycles. The predicted octanol–water partition coefficient (Wildman–Crippen LogP) is 4.00. The van der Waals surface area contributed by atoms with Gasteiger partial charge in [0.2, 0.25) is 5.43 Å². The van der Waals surface area contributed by atoms with Crippen LogP contribution in [-0.4, -0.2) is 12.8 Å². The Morgan fingerprint density at radius 1 is 1.08 bits per heavy atom. The third kappa shape index (κ3) is 4.10. The molecule has 2 aromatic carbocycles. The summed E-state index contributed by atoms with van der Waals surface area (Å²) in [5, 5.41) is 2.69. The number of anilines is 1. The van der Waals surface area contributed by atoms with Crippen LogP contribution in [0.1, 0.15) is 21.5 Å². The van der Waals surface area contributed by atoms with E-state index in [0.717, 1.165) is 18.2 Å². The van der Waals surface area contributed by atoms with Gasteiger partial charge in [0.1, 0.15) is 0 Å². The van der Waals surface area contributed by atoms with Gasteiger partial charge in [0.05, 0.1) is 16.8 Å². The molecule has 0 radical (unpaired) electrons. The number of halogens is 3. The van der Waals surface area contributed by atoms with Crippen LogP contribution < -0.4 is 10.7 Å². The van der Waals surface area contributed by atoms with E-state index in [1.54, 1.807) is 19.2 Å². The highest BCUT2D eigenvalue weighted by Gasteiger charge is 2.30. The fourth-order valence-electron chi connectivity index (χ4n) is 2.07. The van der Waals surface area contributed by atoms with Gasteiger partial charge in [-0.3, -0.25) is 9.59 Å². The van der Waals surface area contributed by atoms with Gasteiger partial charge in [0, 0.05) is 7.05 Å². The van der Waals surface area contributed by atoms with Crippen LogP contribution in [0.15, 0.2) is 59.4 Å². The van der Waals surface area contributed by atoms with Crippen LogP contribution in [0.5, 0.6) is 0 Å². The maximum atomic E-state index is 12.7. The van der Waals surface area contributed by atoms with Gasteiger partial charge in [0.15, 0.2) is 5.78 Å². The first-order valence-electron chi connectivity index (χ1n) is 7.03. The molecule has 1 N–H and O–H groups in total. The third-order valence-corrected chi connectivity index (χ3v) is 3.30. The van der Waals surface area contributed by atoms with E-state index in [1.807, 2.05) is 0 Å². The van der Waals surface area contributed by atoms with Crippen LogP contribution in [0.2, 0.25) is 0 Å². The van der Waals surface area contributed by atoms with Gasteiger partial charge < -0.3 is 5.32 Å². The van der Waals surface area contributed by atoms with Gasteiger partial charge in [0.25, 0.3) is 0 Å². The van der Waals surface area contributed by atoms with Crippen molar-refractivity contribution in [1.29, 1.82) is 0 Å². The van der Waals surface area contributed by atoms with Gasteiger partial charge in [-0.1, -0.05) is 30.3 Å². The molecule has 0 saturated carbocycles. The van der Waals surface area contributed by atoms with Gasteiger partial charge in [-0.25, -0.2) is 0 Å². The standard InChI is InChI=1S/C18H14F3NO2/c1-22-15-8-3-2-7-14(17(15)24)16(23)10-9-12-5-4-6-13(11-12)18(19,20)21/h2-11H,1H3,(H,22,24)/b10-9+. The zero-order chi connectivity index (χ0) is 17.7. The Balaban J connectivity index is 2.33. The number of nitrogens with one attached hydrogen (secondary N) is 1. The lowest BCUT2D eigenvalue weighted by atomic mass is 10.1. The van der Waals surface area contributed by atoms with Crippen molar-refractivity contribution in [2.24, 2.45) is 0 Å². The van der Waals surface area contributed by atoms with E-state index in [4.69, 9.17) is 0 Å². The molecule has 124 valence electrons. The average Bonchev–Trinajstić information content (AvgIpc) is 2.73. The normalized spacial score (nSPS) is 11.5. The highest BCUT2D eigenvalue weighted by molar-refractivity contribution is 6.07. The largest absolute Gasteiger partial charge is 0.416 e. The molecule has 0 bridgehead atoms. The first-order chi connectivity index (χ1) is 11.3. The summed E-state index contributed by atoms with van der Waals surface area (Å²) in [6.45, 7) is 0. The summed E-state index contributed by atoms with van der Waals surface area (Å²) in [5.41, 5.74) is -0.852. The monoisotopic (exact) mass is 333 g/mol. The lowest BCUT2D eigenvalue weighted by Gasteiger charge is -2.06. The van der Waals surface area contributed by atoms with Gasteiger partial charge in [-0.05, 0) is 35.9 Å². The molecule has 0 aliphatic heterocycles. The summed E-state index contributed by atoms with van der Waals surface area (Å²) in [4.78, 5) is 24.4. The molecule has 0 spiro atoms. The number of allylic oxidation sites excluding steroid dienone is 1. The Bertz CT molecular complexity index is 842. The Labute approximate surface area is 136 Å². The van der Waals surface area contributed by atoms with Gasteiger partial charge in [-0.2, -0.15) is 13.2 Å². The fraction of sp³-hybridized carbons (Fsp3) is 0.111. The summed E-state index contributed by atoms with van der Waals surface area (Å²) in [5.74, 6) is -0.579. The molecule has 2 aromatic rings. The molecule has 2 rings (SSSR count). The van der Waals surface area contributed by atoms with E-state index in [-0.39, 0.29) is 16.8 Å². The molecule has 0 amide bonds. The summed E-state index contributed by atoms with van der Waals surface area (Å²) in [6.07, 6.45) is -2.11. The number of carbonyl (C=O) groups excluding carboxylic acids is 1. The highest BCUT2D eigenvalue weighted by atomic mass is 19.4. The Kier molecular flexibility index (Phi) is 5.18. The van der Waals surface area contributed by atoms with Crippen molar-refractivity contribution in [2.45, 2.75) is 6.18 Å². The SMILES string of the molecule is CNc1ccccc(C(=O)/C=C/c2cccc(C(F)(F)F)c2)c1=O. The van der Waals surface area contributed by atoms with E-state index in [2.05, 4.69) is 5.32 Å². The van der Waals surface area contributed by atoms with Crippen LogP contribution >= 0.6 is 0 Å². The molecule has 0 aliphatic rings. The van der Waals surface area contributed by atoms with Gasteiger partial charge >= 0.3 is 6.18 Å². The molecule has 0 atom stereocenters. The van der Waals surface area contributed by atoms with Crippen molar-refractivity contribution in [2.75, 3.05) is 12.4 Å². The number of hydrogen-bond acceptors (Lipinski definition) is 3. The maximum Gasteiger partial charge on any atom is 0.416 e. The molecule has 0 aliphatic carbocycles. The lowest BCUT2D eigenvalue weighted by molar-refractivity contribution is -0.137. The van der Waals surface area contributed by atoms with Crippen LogP contribution in [0.25, 0.3) is 6.08 Å². The van der Waals surface area contributed by atoms with Crippen LogP contribution in [0.4, 0.5) is 18.9 Å². The molecule has 6 heteroatoms. The third-order valence-electron chi connectivity index (χ3n) is 3.30. The quantitative estimate of drug-likeness (QED) is 0.679. The molecule has 0 fully saturated rings. The minimum atomic E-state index is -4.45. The van der Waals surface area contributed by atoms with Crippen molar-refractivity contribution in [1.82, 2.24) is 0 Å². The van der Waals surface area contributed by atoms with E-state index in [9.17, 15) is 22.8 Å². The minimum absolute atomic E-state index is 0.0624. The number of carbonyl (C=O) groups is 1. The smallest absolute Gasteiger partial charge is 0.385 e. The van der Waals surface area contributed by atoms with Crippen molar-refractivity contribution in [3.8, 4) is 0 Å². The summed E-state index contributed by atoms with van der Waals surface area (Å²) < 4.78 is 38.0. The lowest BCUT2D eigenvalue weighted by Crippen LogP contribution is -2.14. The number of rotatable bonds is 4.